The van der Waals surface area contributed by atoms with Crippen LogP contribution in [0.25, 0.3) is 0 Å². The number of nitro groups is 1. The van der Waals surface area contributed by atoms with E-state index in [9.17, 15) is 10.1 Å². The fourth-order valence-electron chi connectivity index (χ4n) is 1.61. The summed E-state index contributed by atoms with van der Waals surface area (Å²) in [6.45, 7) is 1.94. The molecule has 5 heteroatoms. The molecule has 0 heterocycles. The van der Waals surface area contributed by atoms with E-state index in [1.165, 1.54) is 12.1 Å². The molecule has 0 aliphatic rings. The van der Waals surface area contributed by atoms with Crippen LogP contribution in [0.2, 0.25) is 0 Å². The summed E-state index contributed by atoms with van der Waals surface area (Å²) in [6, 6.07) is 14.6. The van der Waals surface area contributed by atoms with Gasteiger partial charge in [-0.25, -0.2) is 0 Å². The Hall–Kier alpha value is -1.85. The number of rotatable bonds is 4. The first kappa shape index (κ1) is 13.6. The summed E-state index contributed by atoms with van der Waals surface area (Å²) in [4.78, 5) is 12.2. The maximum atomic E-state index is 10.6. The third-order valence-corrected chi connectivity index (χ3v) is 3.70. The first-order chi connectivity index (χ1) is 9.06. The SMILES string of the molecule is CC(N)c1ccc(Sc2ccc([N+](=O)[O-])cc2)cc1. The van der Waals surface area contributed by atoms with Crippen molar-refractivity contribution in [2.75, 3.05) is 0 Å². The fraction of sp³-hybridized carbons (Fsp3) is 0.143. The Kier molecular flexibility index (Phi) is 4.19. The molecule has 0 saturated heterocycles. The summed E-state index contributed by atoms with van der Waals surface area (Å²) in [5.74, 6) is 0. The van der Waals surface area contributed by atoms with E-state index in [-0.39, 0.29) is 11.7 Å². The molecular formula is C14H14N2O2S. The molecule has 1 atom stereocenters. The molecule has 2 aromatic carbocycles. The van der Waals surface area contributed by atoms with Crippen LogP contribution in [0.4, 0.5) is 5.69 Å². The Balaban J connectivity index is 2.10. The molecule has 0 aromatic heterocycles. The van der Waals surface area contributed by atoms with Crippen molar-refractivity contribution in [3.05, 3.63) is 64.2 Å². The van der Waals surface area contributed by atoms with Crippen LogP contribution in [-0.4, -0.2) is 4.92 Å². The molecule has 0 aliphatic carbocycles. The maximum absolute atomic E-state index is 10.6. The van der Waals surface area contributed by atoms with E-state index in [1.807, 2.05) is 31.2 Å². The fourth-order valence-corrected chi connectivity index (χ4v) is 2.43. The molecule has 1 unspecified atom stereocenters. The minimum atomic E-state index is -0.397. The van der Waals surface area contributed by atoms with E-state index in [4.69, 9.17) is 5.73 Å². The summed E-state index contributed by atoms with van der Waals surface area (Å²) in [5, 5.41) is 10.6. The number of benzene rings is 2. The number of hydrogen-bond acceptors (Lipinski definition) is 4. The molecule has 19 heavy (non-hydrogen) atoms. The lowest BCUT2D eigenvalue weighted by molar-refractivity contribution is -0.384. The van der Waals surface area contributed by atoms with Gasteiger partial charge in [-0.15, -0.1) is 0 Å². The van der Waals surface area contributed by atoms with Gasteiger partial charge >= 0.3 is 0 Å². The van der Waals surface area contributed by atoms with Gasteiger partial charge < -0.3 is 5.73 Å². The first-order valence-electron chi connectivity index (χ1n) is 5.84. The Morgan fingerprint density at radius 3 is 1.95 bits per heavy atom. The van der Waals surface area contributed by atoms with E-state index in [0.29, 0.717) is 0 Å². The average Bonchev–Trinajstić information content (AvgIpc) is 2.40. The van der Waals surface area contributed by atoms with Crippen LogP contribution in [0.1, 0.15) is 18.5 Å². The van der Waals surface area contributed by atoms with Crippen molar-refractivity contribution >= 4 is 17.4 Å². The van der Waals surface area contributed by atoms with Crippen LogP contribution in [0.3, 0.4) is 0 Å². The lowest BCUT2D eigenvalue weighted by atomic mass is 10.1. The minimum Gasteiger partial charge on any atom is -0.324 e. The third kappa shape index (κ3) is 3.56. The van der Waals surface area contributed by atoms with Gasteiger partial charge in [-0.2, -0.15) is 0 Å². The molecular weight excluding hydrogens is 260 g/mol. The van der Waals surface area contributed by atoms with Crippen molar-refractivity contribution in [2.45, 2.75) is 22.8 Å². The second-order valence-corrected chi connectivity index (χ2v) is 5.36. The molecule has 2 N–H and O–H groups in total. The summed E-state index contributed by atoms with van der Waals surface area (Å²) in [6.07, 6.45) is 0. The van der Waals surface area contributed by atoms with Crippen molar-refractivity contribution in [3.8, 4) is 0 Å². The Labute approximate surface area is 115 Å². The number of non-ortho nitro benzene ring substituents is 1. The van der Waals surface area contributed by atoms with Crippen molar-refractivity contribution in [2.24, 2.45) is 5.73 Å². The molecule has 0 bridgehead atoms. The molecule has 0 spiro atoms. The largest absolute Gasteiger partial charge is 0.324 e. The van der Waals surface area contributed by atoms with E-state index in [1.54, 1.807) is 23.9 Å². The topological polar surface area (TPSA) is 69.2 Å². The third-order valence-electron chi connectivity index (χ3n) is 2.69. The van der Waals surface area contributed by atoms with Crippen LogP contribution in [0, 0.1) is 10.1 Å². The Morgan fingerprint density at radius 2 is 1.53 bits per heavy atom. The van der Waals surface area contributed by atoms with Crippen molar-refractivity contribution in [1.82, 2.24) is 0 Å². The second kappa shape index (κ2) is 5.86. The first-order valence-corrected chi connectivity index (χ1v) is 6.66. The van der Waals surface area contributed by atoms with Crippen LogP contribution in [0.5, 0.6) is 0 Å². The monoisotopic (exact) mass is 274 g/mol. The zero-order valence-electron chi connectivity index (χ0n) is 10.4. The lowest BCUT2D eigenvalue weighted by Crippen LogP contribution is -2.04. The zero-order valence-corrected chi connectivity index (χ0v) is 11.3. The molecule has 0 amide bonds. The quantitative estimate of drug-likeness (QED) is 0.680. The lowest BCUT2D eigenvalue weighted by Gasteiger charge is -2.06. The molecule has 0 aliphatic heterocycles. The predicted octanol–water partition coefficient (Wildman–Crippen LogP) is 3.77. The highest BCUT2D eigenvalue weighted by molar-refractivity contribution is 7.99. The maximum Gasteiger partial charge on any atom is 0.269 e. The minimum absolute atomic E-state index is 0.0263. The van der Waals surface area contributed by atoms with Gasteiger partial charge in [-0.1, -0.05) is 23.9 Å². The smallest absolute Gasteiger partial charge is 0.269 e. The second-order valence-electron chi connectivity index (χ2n) is 4.21. The van der Waals surface area contributed by atoms with Crippen molar-refractivity contribution in [3.63, 3.8) is 0 Å². The van der Waals surface area contributed by atoms with Crippen LogP contribution in [-0.2, 0) is 0 Å². The molecule has 2 rings (SSSR count). The normalized spacial score (nSPS) is 12.1. The van der Waals surface area contributed by atoms with E-state index in [0.717, 1.165) is 15.4 Å². The summed E-state index contributed by atoms with van der Waals surface area (Å²) < 4.78 is 0. The summed E-state index contributed by atoms with van der Waals surface area (Å²) >= 11 is 1.57. The average molecular weight is 274 g/mol. The van der Waals surface area contributed by atoms with Crippen LogP contribution in [0.15, 0.2) is 58.3 Å². The molecule has 2 aromatic rings. The highest BCUT2D eigenvalue weighted by atomic mass is 32.2. The highest BCUT2D eigenvalue weighted by Crippen LogP contribution is 2.29. The molecule has 4 nitrogen and oxygen atoms in total. The number of nitrogens with two attached hydrogens (primary N) is 1. The molecule has 98 valence electrons. The van der Waals surface area contributed by atoms with Crippen molar-refractivity contribution in [1.29, 1.82) is 0 Å². The van der Waals surface area contributed by atoms with Gasteiger partial charge in [0.1, 0.15) is 0 Å². The number of hydrogen-bond donors (Lipinski definition) is 1. The van der Waals surface area contributed by atoms with Gasteiger partial charge in [0.05, 0.1) is 4.92 Å². The predicted molar refractivity (Wildman–Crippen MR) is 76.3 cm³/mol. The van der Waals surface area contributed by atoms with Gasteiger partial charge in [0, 0.05) is 28.0 Å². The standard InChI is InChI=1S/C14H14N2O2S/c1-10(15)11-2-6-13(7-3-11)19-14-8-4-12(5-9-14)16(17)18/h2-10H,15H2,1H3. The van der Waals surface area contributed by atoms with Crippen LogP contribution < -0.4 is 5.73 Å². The van der Waals surface area contributed by atoms with Gasteiger partial charge in [-0.3, -0.25) is 10.1 Å². The Morgan fingerprint density at radius 1 is 1.05 bits per heavy atom. The van der Waals surface area contributed by atoms with Gasteiger partial charge in [0.25, 0.3) is 5.69 Å². The summed E-state index contributed by atoms with van der Waals surface area (Å²) in [5.41, 5.74) is 6.99. The van der Waals surface area contributed by atoms with Gasteiger partial charge in [0.2, 0.25) is 0 Å². The van der Waals surface area contributed by atoms with Crippen LogP contribution >= 0.6 is 11.8 Å². The molecule has 0 saturated carbocycles. The molecule has 0 radical (unpaired) electrons. The number of nitro benzene ring substituents is 1. The van der Waals surface area contributed by atoms with E-state index in [2.05, 4.69) is 0 Å². The van der Waals surface area contributed by atoms with E-state index < -0.39 is 4.92 Å². The van der Waals surface area contributed by atoms with Crippen molar-refractivity contribution < 1.29 is 4.92 Å². The van der Waals surface area contributed by atoms with E-state index >= 15 is 0 Å². The van der Waals surface area contributed by atoms with Gasteiger partial charge in [0.15, 0.2) is 0 Å². The summed E-state index contributed by atoms with van der Waals surface area (Å²) in [7, 11) is 0. The highest BCUT2D eigenvalue weighted by Gasteiger charge is 2.05. The van der Waals surface area contributed by atoms with Gasteiger partial charge in [-0.05, 0) is 36.8 Å². The number of nitrogens with zero attached hydrogens (tertiary/aromatic N) is 1. The molecule has 0 fully saturated rings. The Bertz CT molecular complexity index is 565. The zero-order chi connectivity index (χ0) is 13.8.